The molecule has 0 bridgehead atoms. The van der Waals surface area contributed by atoms with Crippen molar-refractivity contribution < 1.29 is 18.0 Å². The second kappa shape index (κ2) is 9.72. The van der Waals surface area contributed by atoms with Crippen LogP contribution < -0.4 is 10.6 Å². The molecular formula is C23H29N5O4S. The number of aryl methyl sites for hydroxylation is 3. The fourth-order valence-electron chi connectivity index (χ4n) is 3.60. The molecule has 2 amide bonds. The quantitative estimate of drug-likeness (QED) is 0.524. The second-order valence-corrected chi connectivity index (χ2v) is 10.0. The van der Waals surface area contributed by atoms with Crippen molar-refractivity contribution in [1.82, 2.24) is 19.2 Å². The van der Waals surface area contributed by atoms with E-state index in [1.54, 1.807) is 43.4 Å². The lowest BCUT2D eigenvalue weighted by Crippen LogP contribution is -2.22. The number of nitrogens with one attached hydrogen (secondary N) is 2. The molecule has 1 heterocycles. The van der Waals surface area contributed by atoms with Crippen molar-refractivity contribution in [2.75, 3.05) is 26.5 Å². The van der Waals surface area contributed by atoms with Gasteiger partial charge in [-0.2, -0.15) is 0 Å². The van der Waals surface area contributed by atoms with Crippen LogP contribution >= 0.6 is 0 Å². The third-order valence-corrected chi connectivity index (χ3v) is 7.27. The number of benzene rings is 2. The van der Waals surface area contributed by atoms with E-state index in [1.807, 2.05) is 18.4 Å². The highest BCUT2D eigenvalue weighted by molar-refractivity contribution is 7.89. The maximum atomic E-state index is 12.6. The molecule has 0 fully saturated rings. The van der Waals surface area contributed by atoms with Gasteiger partial charge in [0.1, 0.15) is 5.82 Å². The summed E-state index contributed by atoms with van der Waals surface area (Å²) in [5.41, 5.74) is 3.37. The van der Waals surface area contributed by atoms with Crippen LogP contribution in [-0.4, -0.2) is 55.2 Å². The molecule has 3 rings (SSSR count). The van der Waals surface area contributed by atoms with E-state index < -0.39 is 10.0 Å². The van der Waals surface area contributed by atoms with E-state index in [9.17, 15) is 18.0 Å². The Balaban J connectivity index is 1.77. The number of hydrogen-bond acceptors (Lipinski definition) is 5. The molecule has 0 aliphatic rings. The molecule has 10 heteroatoms. The van der Waals surface area contributed by atoms with E-state index in [1.165, 1.54) is 18.4 Å². The van der Waals surface area contributed by atoms with Crippen LogP contribution in [0.5, 0.6) is 0 Å². The molecule has 2 N–H and O–H groups in total. The molecule has 0 unspecified atom stereocenters. The fourth-order valence-corrected chi connectivity index (χ4v) is 4.52. The van der Waals surface area contributed by atoms with Gasteiger partial charge in [0.15, 0.2) is 0 Å². The number of carbonyl (C=O) groups is 2. The van der Waals surface area contributed by atoms with E-state index in [-0.39, 0.29) is 23.1 Å². The first kappa shape index (κ1) is 24.4. The Morgan fingerprint density at radius 3 is 2.45 bits per heavy atom. The average Bonchev–Trinajstić information content (AvgIpc) is 3.15. The minimum atomic E-state index is -3.56. The molecule has 0 aliphatic carbocycles. The number of nitrogens with zero attached hydrogens (tertiary/aromatic N) is 3. The predicted molar refractivity (Wildman–Crippen MR) is 128 cm³/mol. The number of imidazole rings is 1. The standard InChI is InChI=1S/C23H29N5O4S/c1-6-28-20-10-8-17(33(31,32)27(4)5)14-19(20)25-21(28)11-12-22(29)26-18-9-7-16(13-15(18)2)23(30)24-3/h7-10,13-14H,6,11-12H2,1-5H3,(H,24,30)(H,26,29). The lowest BCUT2D eigenvalue weighted by atomic mass is 10.1. The Bertz CT molecular complexity index is 1310. The second-order valence-electron chi connectivity index (χ2n) is 7.87. The summed E-state index contributed by atoms with van der Waals surface area (Å²) in [5, 5.41) is 5.46. The Morgan fingerprint density at radius 2 is 1.85 bits per heavy atom. The van der Waals surface area contributed by atoms with Gasteiger partial charge in [-0.3, -0.25) is 9.59 Å². The highest BCUT2D eigenvalue weighted by Gasteiger charge is 2.20. The van der Waals surface area contributed by atoms with E-state index in [4.69, 9.17) is 0 Å². The van der Waals surface area contributed by atoms with Crippen LogP contribution in [0.25, 0.3) is 11.0 Å². The zero-order chi connectivity index (χ0) is 24.3. The van der Waals surface area contributed by atoms with Crippen molar-refractivity contribution in [3.8, 4) is 0 Å². The topological polar surface area (TPSA) is 113 Å². The molecule has 33 heavy (non-hydrogen) atoms. The molecule has 1 aromatic heterocycles. The summed E-state index contributed by atoms with van der Waals surface area (Å²) in [4.78, 5) is 29.1. The van der Waals surface area contributed by atoms with Gasteiger partial charge in [0.25, 0.3) is 5.91 Å². The molecule has 0 spiro atoms. The van der Waals surface area contributed by atoms with Gasteiger partial charge in [-0.05, 0) is 55.8 Å². The minimum absolute atomic E-state index is 0.170. The zero-order valence-corrected chi connectivity index (χ0v) is 20.3. The van der Waals surface area contributed by atoms with Crippen LogP contribution in [0.2, 0.25) is 0 Å². The molecule has 0 radical (unpaired) electrons. The monoisotopic (exact) mass is 471 g/mol. The molecule has 9 nitrogen and oxygen atoms in total. The molecule has 2 aromatic carbocycles. The highest BCUT2D eigenvalue weighted by Crippen LogP contribution is 2.23. The van der Waals surface area contributed by atoms with E-state index in [0.29, 0.717) is 35.6 Å². The van der Waals surface area contributed by atoms with Crippen molar-refractivity contribution >= 4 is 38.6 Å². The Kier molecular flexibility index (Phi) is 7.19. The van der Waals surface area contributed by atoms with Crippen LogP contribution in [0.3, 0.4) is 0 Å². The number of fused-ring (bicyclic) bond motifs is 1. The number of rotatable bonds is 8. The summed E-state index contributed by atoms with van der Waals surface area (Å²) in [6.45, 7) is 4.46. The van der Waals surface area contributed by atoms with Crippen LogP contribution in [0.15, 0.2) is 41.3 Å². The van der Waals surface area contributed by atoms with Crippen molar-refractivity contribution in [3.05, 3.63) is 53.3 Å². The lowest BCUT2D eigenvalue weighted by Gasteiger charge is -2.11. The largest absolute Gasteiger partial charge is 0.355 e. The Morgan fingerprint density at radius 1 is 1.12 bits per heavy atom. The molecule has 0 saturated carbocycles. The predicted octanol–water partition coefficient (Wildman–Crippen LogP) is 2.55. The smallest absolute Gasteiger partial charge is 0.251 e. The minimum Gasteiger partial charge on any atom is -0.355 e. The van der Waals surface area contributed by atoms with Crippen molar-refractivity contribution in [3.63, 3.8) is 0 Å². The fraction of sp³-hybridized carbons (Fsp3) is 0.348. The van der Waals surface area contributed by atoms with Crippen molar-refractivity contribution in [2.24, 2.45) is 0 Å². The first-order valence-electron chi connectivity index (χ1n) is 10.6. The van der Waals surface area contributed by atoms with E-state index in [2.05, 4.69) is 15.6 Å². The number of sulfonamides is 1. The van der Waals surface area contributed by atoms with Crippen LogP contribution in [0, 0.1) is 6.92 Å². The lowest BCUT2D eigenvalue weighted by molar-refractivity contribution is -0.116. The van der Waals surface area contributed by atoms with Gasteiger partial charge in [-0.25, -0.2) is 17.7 Å². The first-order chi connectivity index (χ1) is 15.6. The van der Waals surface area contributed by atoms with Gasteiger partial charge < -0.3 is 15.2 Å². The molecule has 0 saturated heterocycles. The normalized spacial score (nSPS) is 11.7. The number of aromatic nitrogens is 2. The molecule has 3 aromatic rings. The van der Waals surface area contributed by atoms with Crippen LogP contribution in [0.1, 0.15) is 35.1 Å². The maximum Gasteiger partial charge on any atom is 0.251 e. The average molecular weight is 472 g/mol. The van der Waals surface area contributed by atoms with Crippen molar-refractivity contribution in [2.45, 2.75) is 38.1 Å². The first-order valence-corrected chi connectivity index (χ1v) is 12.1. The molecular weight excluding hydrogens is 442 g/mol. The van der Waals surface area contributed by atoms with Gasteiger partial charge in [0.05, 0.1) is 15.9 Å². The SMILES string of the molecule is CCn1c(CCC(=O)Nc2ccc(C(=O)NC)cc2C)nc2cc(S(=O)(=O)N(C)C)ccc21. The zero-order valence-electron chi connectivity index (χ0n) is 19.5. The van der Waals surface area contributed by atoms with Gasteiger partial charge in [0.2, 0.25) is 15.9 Å². The number of anilines is 1. The number of hydrogen-bond donors (Lipinski definition) is 2. The van der Waals surface area contributed by atoms with Crippen LogP contribution in [-0.2, 0) is 27.8 Å². The highest BCUT2D eigenvalue weighted by atomic mass is 32.2. The van der Waals surface area contributed by atoms with Gasteiger partial charge in [0, 0.05) is 51.8 Å². The Labute approximate surface area is 193 Å². The third-order valence-electron chi connectivity index (χ3n) is 5.46. The molecule has 0 atom stereocenters. The van der Waals surface area contributed by atoms with Gasteiger partial charge >= 0.3 is 0 Å². The maximum absolute atomic E-state index is 12.6. The summed E-state index contributed by atoms with van der Waals surface area (Å²) in [6, 6.07) is 10.0. The Hall–Kier alpha value is -3.24. The molecule has 176 valence electrons. The number of amides is 2. The van der Waals surface area contributed by atoms with Gasteiger partial charge in [-0.1, -0.05) is 0 Å². The van der Waals surface area contributed by atoms with E-state index in [0.717, 1.165) is 11.1 Å². The summed E-state index contributed by atoms with van der Waals surface area (Å²) in [7, 11) is 0.986. The summed E-state index contributed by atoms with van der Waals surface area (Å²) < 4.78 is 28.0. The summed E-state index contributed by atoms with van der Waals surface area (Å²) in [5.74, 6) is 0.362. The van der Waals surface area contributed by atoms with Gasteiger partial charge in [-0.15, -0.1) is 0 Å². The number of carbonyl (C=O) groups excluding carboxylic acids is 2. The third kappa shape index (κ3) is 5.07. The van der Waals surface area contributed by atoms with Crippen LogP contribution in [0.4, 0.5) is 5.69 Å². The summed E-state index contributed by atoms with van der Waals surface area (Å²) in [6.07, 6.45) is 0.613. The summed E-state index contributed by atoms with van der Waals surface area (Å²) >= 11 is 0. The van der Waals surface area contributed by atoms with Crippen molar-refractivity contribution in [1.29, 1.82) is 0 Å². The molecule has 0 aliphatic heterocycles. The van der Waals surface area contributed by atoms with E-state index >= 15 is 0 Å².